The first kappa shape index (κ1) is 17.2. The quantitative estimate of drug-likeness (QED) is 0.733. The van der Waals surface area contributed by atoms with Crippen LogP contribution < -0.4 is 5.32 Å². The third-order valence-corrected chi connectivity index (χ3v) is 5.29. The molecule has 1 amide bonds. The van der Waals surface area contributed by atoms with Gasteiger partial charge in [-0.15, -0.1) is 0 Å². The molecular weight excluding hydrogens is 334 g/mol. The SMILES string of the molecule is Cc1ccccc1S(=O)Cc1ccc(C(=O)NCc2ccccc2)o1. The molecule has 1 unspecified atom stereocenters. The molecule has 3 aromatic rings. The molecule has 3 rings (SSSR count). The van der Waals surface area contributed by atoms with Gasteiger partial charge in [-0.2, -0.15) is 0 Å². The Morgan fingerprint density at radius 3 is 2.48 bits per heavy atom. The second-order valence-electron chi connectivity index (χ2n) is 5.69. The van der Waals surface area contributed by atoms with E-state index in [1.54, 1.807) is 12.1 Å². The molecule has 128 valence electrons. The van der Waals surface area contributed by atoms with Gasteiger partial charge in [0.2, 0.25) is 0 Å². The maximum absolute atomic E-state index is 12.5. The smallest absolute Gasteiger partial charge is 0.287 e. The van der Waals surface area contributed by atoms with E-state index in [-0.39, 0.29) is 17.4 Å². The highest BCUT2D eigenvalue weighted by molar-refractivity contribution is 7.84. The van der Waals surface area contributed by atoms with Crippen molar-refractivity contribution in [2.24, 2.45) is 0 Å². The Bertz CT molecular complexity index is 887. The van der Waals surface area contributed by atoms with Crippen LogP contribution in [0.2, 0.25) is 0 Å². The lowest BCUT2D eigenvalue weighted by molar-refractivity contribution is 0.0921. The van der Waals surface area contributed by atoms with Crippen molar-refractivity contribution in [1.82, 2.24) is 5.32 Å². The number of nitrogens with one attached hydrogen (secondary N) is 1. The van der Waals surface area contributed by atoms with E-state index >= 15 is 0 Å². The minimum Gasteiger partial charge on any atom is -0.455 e. The molecule has 0 radical (unpaired) electrons. The summed E-state index contributed by atoms with van der Waals surface area (Å²) in [5.41, 5.74) is 2.00. The summed E-state index contributed by atoms with van der Waals surface area (Å²) in [4.78, 5) is 12.9. The van der Waals surface area contributed by atoms with Gasteiger partial charge in [-0.05, 0) is 36.2 Å². The summed E-state index contributed by atoms with van der Waals surface area (Å²) >= 11 is 0. The van der Waals surface area contributed by atoms with Crippen LogP contribution in [0.3, 0.4) is 0 Å². The monoisotopic (exact) mass is 353 g/mol. The molecule has 1 atom stereocenters. The van der Waals surface area contributed by atoms with Gasteiger partial charge < -0.3 is 9.73 Å². The Balaban J connectivity index is 1.61. The van der Waals surface area contributed by atoms with Crippen molar-refractivity contribution in [3.63, 3.8) is 0 Å². The molecule has 25 heavy (non-hydrogen) atoms. The van der Waals surface area contributed by atoms with E-state index in [0.717, 1.165) is 16.0 Å². The van der Waals surface area contributed by atoms with Gasteiger partial charge in [0.05, 0.1) is 16.6 Å². The number of benzene rings is 2. The van der Waals surface area contributed by atoms with E-state index in [9.17, 15) is 9.00 Å². The highest BCUT2D eigenvalue weighted by atomic mass is 32.2. The summed E-state index contributed by atoms with van der Waals surface area (Å²) in [6, 6.07) is 20.5. The zero-order valence-corrected chi connectivity index (χ0v) is 14.7. The van der Waals surface area contributed by atoms with Gasteiger partial charge in [0.1, 0.15) is 5.76 Å². The number of furan rings is 1. The van der Waals surface area contributed by atoms with Gasteiger partial charge >= 0.3 is 0 Å². The minimum absolute atomic E-state index is 0.229. The fraction of sp³-hybridized carbons (Fsp3) is 0.150. The first-order chi connectivity index (χ1) is 12.1. The molecule has 0 spiro atoms. The zero-order chi connectivity index (χ0) is 17.6. The first-order valence-electron chi connectivity index (χ1n) is 7.98. The van der Waals surface area contributed by atoms with E-state index in [0.29, 0.717) is 12.3 Å². The lowest BCUT2D eigenvalue weighted by Crippen LogP contribution is -2.22. The van der Waals surface area contributed by atoms with Crippen LogP contribution in [0, 0.1) is 6.92 Å². The summed E-state index contributed by atoms with van der Waals surface area (Å²) in [6.45, 7) is 2.36. The number of rotatable bonds is 6. The fourth-order valence-electron chi connectivity index (χ4n) is 2.46. The van der Waals surface area contributed by atoms with Gasteiger partial charge in [-0.1, -0.05) is 48.5 Å². The second-order valence-corrected chi connectivity index (χ2v) is 7.11. The second kappa shape index (κ2) is 7.94. The molecule has 0 aliphatic carbocycles. The Morgan fingerprint density at radius 2 is 1.72 bits per heavy atom. The maximum Gasteiger partial charge on any atom is 0.287 e. The van der Waals surface area contributed by atoms with E-state index in [1.807, 2.05) is 61.5 Å². The predicted octanol–water partition coefficient (Wildman–Crippen LogP) is 3.83. The molecular formula is C20H19NO3S. The van der Waals surface area contributed by atoms with Crippen LogP contribution in [-0.4, -0.2) is 10.1 Å². The normalized spacial score (nSPS) is 11.9. The van der Waals surface area contributed by atoms with Crippen LogP contribution in [0.25, 0.3) is 0 Å². The number of amides is 1. The molecule has 1 heterocycles. The van der Waals surface area contributed by atoms with Gasteiger partial charge in [-0.25, -0.2) is 0 Å². The number of hydrogen-bond acceptors (Lipinski definition) is 3. The Hall–Kier alpha value is -2.66. The molecule has 1 aromatic heterocycles. The first-order valence-corrected chi connectivity index (χ1v) is 9.30. The van der Waals surface area contributed by atoms with E-state index < -0.39 is 10.8 Å². The highest BCUT2D eigenvalue weighted by Gasteiger charge is 2.14. The minimum atomic E-state index is -1.20. The summed E-state index contributed by atoms with van der Waals surface area (Å²) in [5.74, 6) is 0.729. The van der Waals surface area contributed by atoms with Crippen molar-refractivity contribution in [3.8, 4) is 0 Å². The fourth-order valence-corrected chi connectivity index (χ4v) is 3.69. The van der Waals surface area contributed by atoms with E-state index in [2.05, 4.69) is 5.32 Å². The van der Waals surface area contributed by atoms with Crippen molar-refractivity contribution in [1.29, 1.82) is 0 Å². The third-order valence-electron chi connectivity index (χ3n) is 3.79. The van der Waals surface area contributed by atoms with Crippen molar-refractivity contribution < 1.29 is 13.4 Å². The lowest BCUT2D eigenvalue weighted by atomic mass is 10.2. The standard InChI is InChI=1S/C20H19NO3S/c1-15-7-5-6-10-19(15)25(23)14-17-11-12-18(24-17)20(22)21-13-16-8-3-2-4-9-16/h2-12H,13-14H2,1H3,(H,21,22). The van der Waals surface area contributed by atoms with Gasteiger partial charge in [-0.3, -0.25) is 9.00 Å². The number of carbonyl (C=O) groups is 1. The van der Waals surface area contributed by atoms with Crippen LogP contribution in [0.4, 0.5) is 0 Å². The number of carbonyl (C=O) groups excluding carboxylic acids is 1. The van der Waals surface area contributed by atoms with Gasteiger partial charge in [0.25, 0.3) is 5.91 Å². The number of aryl methyl sites for hydroxylation is 1. The van der Waals surface area contributed by atoms with Crippen molar-refractivity contribution in [2.45, 2.75) is 24.1 Å². The van der Waals surface area contributed by atoms with Crippen LogP contribution in [0.1, 0.15) is 27.4 Å². The summed E-state index contributed by atoms with van der Waals surface area (Å²) in [5, 5.41) is 2.81. The van der Waals surface area contributed by atoms with Crippen molar-refractivity contribution in [3.05, 3.63) is 89.4 Å². The summed E-state index contributed by atoms with van der Waals surface area (Å²) in [7, 11) is -1.20. The number of hydrogen-bond donors (Lipinski definition) is 1. The predicted molar refractivity (Wildman–Crippen MR) is 97.6 cm³/mol. The Kier molecular flexibility index (Phi) is 5.46. The van der Waals surface area contributed by atoms with Crippen LogP contribution >= 0.6 is 0 Å². The summed E-state index contributed by atoms with van der Waals surface area (Å²) in [6.07, 6.45) is 0. The molecule has 0 bridgehead atoms. The van der Waals surface area contributed by atoms with Crippen LogP contribution in [0.15, 0.2) is 76.0 Å². The molecule has 2 aromatic carbocycles. The molecule has 4 nitrogen and oxygen atoms in total. The van der Waals surface area contributed by atoms with Crippen LogP contribution in [-0.2, 0) is 23.1 Å². The zero-order valence-electron chi connectivity index (χ0n) is 13.9. The molecule has 0 saturated carbocycles. The molecule has 1 N–H and O–H groups in total. The van der Waals surface area contributed by atoms with E-state index in [4.69, 9.17) is 4.42 Å². The Morgan fingerprint density at radius 1 is 1.00 bits per heavy atom. The maximum atomic E-state index is 12.5. The van der Waals surface area contributed by atoms with E-state index in [1.165, 1.54) is 0 Å². The average Bonchev–Trinajstić information content (AvgIpc) is 3.09. The molecule has 0 saturated heterocycles. The van der Waals surface area contributed by atoms with Crippen molar-refractivity contribution >= 4 is 16.7 Å². The lowest BCUT2D eigenvalue weighted by Gasteiger charge is -2.04. The van der Waals surface area contributed by atoms with Gasteiger partial charge in [0.15, 0.2) is 5.76 Å². The third kappa shape index (κ3) is 4.45. The molecule has 0 aliphatic heterocycles. The molecule has 0 fully saturated rings. The summed E-state index contributed by atoms with van der Waals surface area (Å²) < 4.78 is 18.0. The largest absolute Gasteiger partial charge is 0.455 e. The average molecular weight is 353 g/mol. The highest BCUT2D eigenvalue weighted by Crippen LogP contribution is 2.18. The van der Waals surface area contributed by atoms with Crippen molar-refractivity contribution in [2.75, 3.05) is 0 Å². The topological polar surface area (TPSA) is 59.3 Å². The Labute approximate surface area is 149 Å². The molecule has 0 aliphatic rings. The van der Waals surface area contributed by atoms with Crippen LogP contribution in [0.5, 0.6) is 0 Å². The molecule has 5 heteroatoms. The van der Waals surface area contributed by atoms with Gasteiger partial charge in [0, 0.05) is 11.4 Å².